The second-order valence-electron chi connectivity index (χ2n) is 6.54. The van der Waals surface area contributed by atoms with Crippen LogP contribution in [0.2, 0.25) is 5.02 Å². The lowest BCUT2D eigenvalue weighted by atomic mass is 10.00. The van der Waals surface area contributed by atoms with E-state index in [-0.39, 0.29) is 12.4 Å². The van der Waals surface area contributed by atoms with Crippen LogP contribution in [0.4, 0.5) is 5.95 Å². The Labute approximate surface area is 153 Å². The standard InChI is InChI=1S/C19H22ClN3O2/c1-13-7-9-23(10-8-13)19-21-14(2)11-18(22-19)25-12-17(24)15-3-5-16(20)6-4-15/h3-6,11,13H,7-10,12H2,1-2H3. The van der Waals surface area contributed by atoms with Gasteiger partial charge in [-0.2, -0.15) is 4.98 Å². The van der Waals surface area contributed by atoms with Crippen molar-refractivity contribution in [1.29, 1.82) is 0 Å². The fourth-order valence-corrected chi connectivity index (χ4v) is 2.93. The fraction of sp³-hybridized carbons (Fsp3) is 0.421. The average Bonchev–Trinajstić information content (AvgIpc) is 2.60. The Hall–Kier alpha value is -2.14. The number of hydrogen-bond acceptors (Lipinski definition) is 5. The molecule has 0 radical (unpaired) electrons. The summed E-state index contributed by atoms with van der Waals surface area (Å²) in [6.07, 6.45) is 2.28. The number of hydrogen-bond donors (Lipinski definition) is 0. The zero-order valence-corrected chi connectivity index (χ0v) is 15.3. The highest BCUT2D eigenvalue weighted by molar-refractivity contribution is 6.30. The number of halogens is 1. The largest absolute Gasteiger partial charge is 0.469 e. The van der Waals surface area contributed by atoms with E-state index in [9.17, 15) is 4.79 Å². The van der Waals surface area contributed by atoms with Crippen molar-refractivity contribution < 1.29 is 9.53 Å². The molecular formula is C19H22ClN3O2. The maximum absolute atomic E-state index is 12.2. The van der Waals surface area contributed by atoms with E-state index in [0.29, 0.717) is 22.4 Å². The summed E-state index contributed by atoms with van der Waals surface area (Å²) in [5.74, 6) is 1.75. The highest BCUT2D eigenvalue weighted by Gasteiger charge is 2.19. The van der Waals surface area contributed by atoms with Crippen LogP contribution in [0.25, 0.3) is 0 Å². The van der Waals surface area contributed by atoms with Gasteiger partial charge in [0, 0.05) is 35.4 Å². The van der Waals surface area contributed by atoms with E-state index in [4.69, 9.17) is 16.3 Å². The molecule has 0 atom stereocenters. The fourth-order valence-electron chi connectivity index (χ4n) is 2.81. The van der Waals surface area contributed by atoms with Crippen molar-refractivity contribution in [3.63, 3.8) is 0 Å². The molecule has 0 bridgehead atoms. The molecular weight excluding hydrogens is 338 g/mol. The van der Waals surface area contributed by atoms with Gasteiger partial charge in [-0.3, -0.25) is 4.79 Å². The van der Waals surface area contributed by atoms with E-state index in [1.54, 1.807) is 30.3 Å². The molecule has 1 aliphatic rings. The van der Waals surface area contributed by atoms with Gasteiger partial charge in [0.25, 0.3) is 0 Å². The molecule has 2 heterocycles. The Morgan fingerprint density at radius 1 is 1.24 bits per heavy atom. The Morgan fingerprint density at radius 3 is 2.60 bits per heavy atom. The summed E-state index contributed by atoms with van der Waals surface area (Å²) >= 11 is 5.84. The number of rotatable bonds is 5. The lowest BCUT2D eigenvalue weighted by Gasteiger charge is -2.30. The van der Waals surface area contributed by atoms with Gasteiger partial charge in [-0.1, -0.05) is 18.5 Å². The number of anilines is 1. The zero-order chi connectivity index (χ0) is 17.8. The van der Waals surface area contributed by atoms with E-state index in [1.165, 1.54) is 0 Å². The van der Waals surface area contributed by atoms with Crippen molar-refractivity contribution in [2.24, 2.45) is 5.92 Å². The monoisotopic (exact) mass is 359 g/mol. The first-order valence-electron chi connectivity index (χ1n) is 8.53. The number of ketones is 1. The quantitative estimate of drug-likeness (QED) is 0.757. The van der Waals surface area contributed by atoms with Crippen molar-refractivity contribution >= 4 is 23.3 Å². The number of benzene rings is 1. The Balaban J connectivity index is 1.66. The third kappa shape index (κ3) is 4.69. The zero-order valence-electron chi connectivity index (χ0n) is 14.5. The van der Waals surface area contributed by atoms with Gasteiger partial charge in [0.15, 0.2) is 12.4 Å². The number of ether oxygens (including phenoxy) is 1. The molecule has 1 fully saturated rings. The highest BCUT2D eigenvalue weighted by Crippen LogP contribution is 2.22. The average molecular weight is 360 g/mol. The Bertz CT molecular complexity index is 741. The second kappa shape index (κ2) is 7.83. The summed E-state index contributed by atoms with van der Waals surface area (Å²) in [5, 5.41) is 0.601. The second-order valence-corrected chi connectivity index (χ2v) is 6.97. The van der Waals surface area contributed by atoms with Crippen LogP contribution in [-0.4, -0.2) is 35.4 Å². The Kier molecular flexibility index (Phi) is 5.53. The van der Waals surface area contributed by atoms with Gasteiger partial charge in [-0.25, -0.2) is 4.98 Å². The molecule has 6 heteroatoms. The maximum atomic E-state index is 12.2. The molecule has 132 valence electrons. The van der Waals surface area contributed by atoms with Crippen LogP contribution in [0.1, 0.15) is 35.8 Å². The summed E-state index contributed by atoms with van der Waals surface area (Å²) < 4.78 is 5.63. The van der Waals surface area contributed by atoms with E-state index in [2.05, 4.69) is 21.8 Å². The van der Waals surface area contributed by atoms with Gasteiger partial charge in [0.1, 0.15) is 0 Å². The summed E-state index contributed by atoms with van der Waals surface area (Å²) in [7, 11) is 0. The lowest BCUT2D eigenvalue weighted by Crippen LogP contribution is -2.34. The van der Waals surface area contributed by atoms with E-state index < -0.39 is 0 Å². The van der Waals surface area contributed by atoms with Crippen LogP contribution in [0.3, 0.4) is 0 Å². The molecule has 2 aromatic rings. The number of carbonyl (C=O) groups excluding carboxylic acids is 1. The summed E-state index contributed by atoms with van der Waals surface area (Å²) in [4.78, 5) is 23.4. The summed E-state index contributed by atoms with van der Waals surface area (Å²) in [6, 6.07) is 8.53. The molecule has 1 aliphatic heterocycles. The third-order valence-corrected chi connectivity index (χ3v) is 4.65. The third-order valence-electron chi connectivity index (χ3n) is 4.40. The summed E-state index contributed by atoms with van der Waals surface area (Å²) in [5.41, 5.74) is 1.40. The number of piperidine rings is 1. The van der Waals surface area contributed by atoms with E-state index >= 15 is 0 Å². The maximum Gasteiger partial charge on any atom is 0.228 e. The number of nitrogens with zero attached hydrogens (tertiary/aromatic N) is 3. The topological polar surface area (TPSA) is 55.3 Å². The first-order chi connectivity index (χ1) is 12.0. The van der Waals surface area contributed by atoms with Crippen molar-refractivity contribution in [2.45, 2.75) is 26.7 Å². The minimum absolute atomic E-state index is 0.0610. The molecule has 0 amide bonds. The molecule has 1 aromatic heterocycles. The molecule has 1 aromatic carbocycles. The molecule has 0 aliphatic carbocycles. The molecule has 1 saturated heterocycles. The SMILES string of the molecule is Cc1cc(OCC(=O)c2ccc(Cl)cc2)nc(N2CCC(C)CC2)n1. The van der Waals surface area contributed by atoms with Crippen LogP contribution >= 0.6 is 11.6 Å². The predicted octanol–water partition coefficient (Wildman–Crippen LogP) is 3.94. The first kappa shape index (κ1) is 17.7. The van der Waals surface area contributed by atoms with Crippen LogP contribution < -0.4 is 9.64 Å². The van der Waals surface area contributed by atoms with Crippen molar-refractivity contribution in [3.05, 3.63) is 46.6 Å². The van der Waals surface area contributed by atoms with Gasteiger partial charge in [0.05, 0.1) is 0 Å². The molecule has 0 saturated carbocycles. The van der Waals surface area contributed by atoms with Crippen molar-refractivity contribution in [3.8, 4) is 5.88 Å². The molecule has 0 unspecified atom stereocenters. The van der Waals surface area contributed by atoms with Gasteiger partial charge in [-0.05, 0) is 49.9 Å². The number of aryl methyl sites for hydroxylation is 1. The van der Waals surface area contributed by atoms with Crippen molar-refractivity contribution in [2.75, 3.05) is 24.6 Å². The van der Waals surface area contributed by atoms with Gasteiger partial charge < -0.3 is 9.64 Å². The lowest BCUT2D eigenvalue weighted by molar-refractivity contribution is 0.0918. The summed E-state index contributed by atoms with van der Waals surface area (Å²) in [6.45, 7) is 6.02. The molecule has 3 rings (SSSR count). The first-order valence-corrected chi connectivity index (χ1v) is 8.91. The van der Waals surface area contributed by atoms with Gasteiger partial charge >= 0.3 is 0 Å². The van der Waals surface area contributed by atoms with Crippen molar-refractivity contribution in [1.82, 2.24) is 9.97 Å². The van der Waals surface area contributed by atoms with Crippen LogP contribution in [0.15, 0.2) is 30.3 Å². The number of aromatic nitrogens is 2. The number of Topliss-reactive ketones (excluding diaryl/α,β-unsaturated/α-hetero) is 1. The molecule has 0 N–H and O–H groups in total. The smallest absolute Gasteiger partial charge is 0.228 e. The van der Waals surface area contributed by atoms with Crippen LogP contribution in [0, 0.1) is 12.8 Å². The van der Waals surface area contributed by atoms with Crippen LogP contribution in [0.5, 0.6) is 5.88 Å². The van der Waals surface area contributed by atoms with Gasteiger partial charge in [0.2, 0.25) is 11.8 Å². The van der Waals surface area contributed by atoms with E-state index in [0.717, 1.165) is 37.5 Å². The highest BCUT2D eigenvalue weighted by atomic mass is 35.5. The number of carbonyl (C=O) groups is 1. The van der Waals surface area contributed by atoms with E-state index in [1.807, 2.05) is 6.92 Å². The molecule has 0 spiro atoms. The molecule has 5 nitrogen and oxygen atoms in total. The minimum atomic E-state index is -0.110. The predicted molar refractivity (Wildman–Crippen MR) is 98.7 cm³/mol. The normalized spacial score (nSPS) is 15.2. The minimum Gasteiger partial charge on any atom is -0.469 e. The Morgan fingerprint density at radius 2 is 1.92 bits per heavy atom. The van der Waals surface area contributed by atoms with Crippen LogP contribution in [-0.2, 0) is 0 Å². The molecule has 25 heavy (non-hydrogen) atoms. The van der Waals surface area contributed by atoms with Gasteiger partial charge in [-0.15, -0.1) is 0 Å².